The quantitative estimate of drug-likeness (QED) is 0.618. The fourth-order valence-electron chi connectivity index (χ4n) is 3.30. The van der Waals surface area contributed by atoms with Crippen LogP contribution in [0.2, 0.25) is 5.02 Å². The molecule has 2 aromatic heterocycles. The highest BCUT2D eigenvalue weighted by Gasteiger charge is 2.64. The summed E-state index contributed by atoms with van der Waals surface area (Å²) < 4.78 is 15.8. The molecule has 1 saturated carbocycles. The number of halogens is 2. The predicted octanol–water partition coefficient (Wildman–Crippen LogP) is 3.13. The van der Waals surface area contributed by atoms with Crippen LogP contribution in [0.15, 0.2) is 65.7 Å². The number of benzene rings is 1. The van der Waals surface area contributed by atoms with E-state index in [1.54, 1.807) is 12.1 Å². The highest BCUT2D eigenvalue weighted by atomic mass is 35.5. The minimum Gasteiger partial charge on any atom is -0.323 e. The van der Waals surface area contributed by atoms with Crippen molar-refractivity contribution in [3.8, 4) is 11.8 Å². The summed E-state index contributed by atoms with van der Waals surface area (Å²) in [5.41, 5.74) is -1.74. The average Bonchev–Trinajstić information content (AvgIpc) is 3.54. The van der Waals surface area contributed by atoms with Crippen LogP contribution in [0.4, 0.5) is 15.9 Å². The van der Waals surface area contributed by atoms with Gasteiger partial charge in [-0.3, -0.25) is 19.0 Å². The molecule has 0 radical (unpaired) electrons. The molecule has 160 valence electrons. The third-order valence-corrected chi connectivity index (χ3v) is 5.39. The Bertz CT molecular complexity index is 1320. The number of hydrogen-bond donors (Lipinski definition) is 2. The summed E-state index contributed by atoms with van der Waals surface area (Å²) in [6, 6.07) is 13.3. The normalized spacial score (nSPS) is 19.0. The van der Waals surface area contributed by atoms with Gasteiger partial charge in [0.2, 0.25) is 11.8 Å². The summed E-state index contributed by atoms with van der Waals surface area (Å²) in [4.78, 5) is 41.0. The number of nitrogens with one attached hydrogen (secondary N) is 2. The molecule has 2 atom stereocenters. The number of hydrogen-bond acceptors (Lipinski definition) is 5. The van der Waals surface area contributed by atoms with E-state index in [-0.39, 0.29) is 23.5 Å². The molecule has 2 unspecified atom stereocenters. The summed E-state index contributed by atoms with van der Waals surface area (Å²) in [5.74, 6) is -2.85. The maximum Gasteiger partial charge on any atom is 0.255 e. The minimum atomic E-state index is -1.57. The second-order valence-corrected chi connectivity index (χ2v) is 7.65. The van der Waals surface area contributed by atoms with E-state index < -0.39 is 29.0 Å². The van der Waals surface area contributed by atoms with Gasteiger partial charge in [0, 0.05) is 24.5 Å². The van der Waals surface area contributed by atoms with Gasteiger partial charge in [-0.25, -0.2) is 9.37 Å². The highest BCUT2D eigenvalue weighted by Crippen LogP contribution is 2.53. The molecule has 10 heteroatoms. The molecule has 2 heterocycles. The fourth-order valence-corrected chi connectivity index (χ4v) is 3.41. The van der Waals surface area contributed by atoms with Crippen molar-refractivity contribution in [2.75, 3.05) is 10.6 Å². The number of carbonyl (C=O) groups is 2. The SMILES string of the molecule is N#CC1(C(=O)Nc2ccc(Cl)cn2)CC1C(=O)Nc1ccc(-n2ccccc2=O)cc1F. The lowest BCUT2D eigenvalue weighted by molar-refractivity contribution is -0.123. The Morgan fingerprint density at radius 2 is 2.03 bits per heavy atom. The van der Waals surface area contributed by atoms with Gasteiger partial charge in [0.1, 0.15) is 17.1 Å². The second-order valence-electron chi connectivity index (χ2n) is 7.22. The van der Waals surface area contributed by atoms with Crippen molar-refractivity contribution in [2.45, 2.75) is 6.42 Å². The lowest BCUT2D eigenvalue weighted by Gasteiger charge is -2.12. The van der Waals surface area contributed by atoms with Crippen molar-refractivity contribution in [3.63, 3.8) is 0 Å². The van der Waals surface area contributed by atoms with Gasteiger partial charge < -0.3 is 10.6 Å². The Hall–Kier alpha value is -4.03. The first-order chi connectivity index (χ1) is 15.3. The molecule has 0 saturated heterocycles. The van der Waals surface area contributed by atoms with Crippen molar-refractivity contribution in [2.24, 2.45) is 11.3 Å². The molecular formula is C22H15ClFN5O3. The van der Waals surface area contributed by atoms with E-state index in [4.69, 9.17) is 11.6 Å². The molecule has 32 heavy (non-hydrogen) atoms. The molecule has 1 fully saturated rings. The predicted molar refractivity (Wildman–Crippen MR) is 115 cm³/mol. The van der Waals surface area contributed by atoms with Crippen LogP contribution in [-0.4, -0.2) is 21.4 Å². The van der Waals surface area contributed by atoms with Gasteiger partial charge in [-0.15, -0.1) is 0 Å². The van der Waals surface area contributed by atoms with E-state index in [1.165, 1.54) is 47.3 Å². The van der Waals surface area contributed by atoms with E-state index in [0.717, 1.165) is 6.07 Å². The molecular weight excluding hydrogens is 437 g/mol. The first kappa shape index (κ1) is 21.2. The van der Waals surface area contributed by atoms with Crippen LogP contribution < -0.4 is 16.2 Å². The van der Waals surface area contributed by atoms with Crippen LogP contribution >= 0.6 is 11.6 Å². The Morgan fingerprint density at radius 1 is 1.22 bits per heavy atom. The van der Waals surface area contributed by atoms with Gasteiger partial charge in [-0.2, -0.15) is 5.26 Å². The zero-order chi connectivity index (χ0) is 22.9. The van der Waals surface area contributed by atoms with Crippen LogP contribution in [0.5, 0.6) is 0 Å². The number of carbonyl (C=O) groups excluding carboxylic acids is 2. The minimum absolute atomic E-state index is 0.00608. The van der Waals surface area contributed by atoms with Crippen molar-refractivity contribution >= 4 is 34.9 Å². The number of rotatable bonds is 5. The Kier molecular flexibility index (Phi) is 5.47. The molecule has 8 nitrogen and oxygen atoms in total. The lowest BCUT2D eigenvalue weighted by atomic mass is 10.0. The zero-order valence-corrected chi connectivity index (χ0v) is 17.1. The van der Waals surface area contributed by atoms with E-state index in [1.807, 2.05) is 6.07 Å². The summed E-state index contributed by atoms with van der Waals surface area (Å²) in [7, 11) is 0. The monoisotopic (exact) mass is 451 g/mol. The number of amides is 2. The zero-order valence-electron chi connectivity index (χ0n) is 16.4. The third-order valence-electron chi connectivity index (χ3n) is 5.16. The molecule has 3 aromatic rings. The van der Waals surface area contributed by atoms with Crippen molar-refractivity contribution in [1.82, 2.24) is 9.55 Å². The standard InChI is InChI=1S/C22H15ClFN5O3/c23-13-4-7-18(26-11-13)28-21(32)22(12-25)10-15(22)20(31)27-17-6-5-14(9-16(17)24)29-8-2-1-3-19(29)30/h1-9,11,15H,10H2,(H,27,31)(H,26,28,32). The lowest BCUT2D eigenvalue weighted by Crippen LogP contribution is -2.29. The topological polar surface area (TPSA) is 117 Å². The Morgan fingerprint density at radius 3 is 2.69 bits per heavy atom. The summed E-state index contributed by atoms with van der Waals surface area (Å²) in [6.45, 7) is 0. The first-order valence-corrected chi connectivity index (χ1v) is 9.84. The fraction of sp³-hybridized carbons (Fsp3) is 0.136. The second kappa shape index (κ2) is 8.24. The molecule has 2 amide bonds. The van der Waals surface area contributed by atoms with E-state index in [0.29, 0.717) is 10.7 Å². The van der Waals surface area contributed by atoms with Gasteiger partial charge in [0.05, 0.1) is 28.4 Å². The van der Waals surface area contributed by atoms with Crippen LogP contribution in [0.25, 0.3) is 5.69 Å². The van der Waals surface area contributed by atoms with Crippen molar-refractivity contribution in [1.29, 1.82) is 5.26 Å². The summed E-state index contributed by atoms with van der Waals surface area (Å²) in [6.07, 6.45) is 2.83. The third kappa shape index (κ3) is 3.96. The average molecular weight is 452 g/mol. The molecule has 1 aliphatic carbocycles. The first-order valence-electron chi connectivity index (χ1n) is 9.47. The van der Waals surface area contributed by atoms with E-state index in [2.05, 4.69) is 15.6 Å². The smallest absolute Gasteiger partial charge is 0.255 e. The van der Waals surface area contributed by atoms with Gasteiger partial charge >= 0.3 is 0 Å². The highest BCUT2D eigenvalue weighted by molar-refractivity contribution is 6.30. The molecule has 1 aromatic carbocycles. The van der Waals surface area contributed by atoms with Crippen LogP contribution in [0.3, 0.4) is 0 Å². The van der Waals surface area contributed by atoms with Crippen LogP contribution in [0.1, 0.15) is 6.42 Å². The number of pyridine rings is 2. The maximum atomic E-state index is 14.6. The molecule has 0 aliphatic heterocycles. The molecule has 1 aliphatic rings. The molecule has 4 rings (SSSR count). The van der Waals surface area contributed by atoms with Crippen LogP contribution in [-0.2, 0) is 9.59 Å². The van der Waals surface area contributed by atoms with Crippen molar-refractivity contribution in [3.05, 3.63) is 82.1 Å². The molecule has 0 spiro atoms. The summed E-state index contributed by atoms with van der Waals surface area (Å²) in [5, 5.41) is 14.8. The van der Waals surface area contributed by atoms with E-state index in [9.17, 15) is 24.0 Å². The van der Waals surface area contributed by atoms with Gasteiger partial charge in [-0.05, 0) is 36.8 Å². The van der Waals surface area contributed by atoms with Crippen molar-refractivity contribution < 1.29 is 14.0 Å². The number of nitriles is 1. The molecule has 2 N–H and O–H groups in total. The van der Waals surface area contributed by atoms with Gasteiger partial charge in [0.15, 0.2) is 0 Å². The van der Waals surface area contributed by atoms with Crippen LogP contribution in [0, 0.1) is 28.5 Å². The maximum absolute atomic E-state index is 14.6. The Balaban J connectivity index is 1.47. The number of anilines is 2. The number of nitrogens with zero attached hydrogens (tertiary/aromatic N) is 3. The molecule has 0 bridgehead atoms. The Labute approximate surface area is 186 Å². The largest absolute Gasteiger partial charge is 0.323 e. The van der Waals surface area contributed by atoms with E-state index >= 15 is 0 Å². The summed E-state index contributed by atoms with van der Waals surface area (Å²) >= 11 is 5.76. The van der Waals surface area contributed by atoms with Gasteiger partial charge in [0.25, 0.3) is 5.56 Å². The van der Waals surface area contributed by atoms with Gasteiger partial charge in [-0.1, -0.05) is 17.7 Å². The number of aromatic nitrogens is 2.